The van der Waals surface area contributed by atoms with Gasteiger partial charge in [-0.15, -0.1) is 6.42 Å². The molecule has 1 aliphatic carbocycles. The Hall–Kier alpha value is -5.10. The van der Waals surface area contributed by atoms with Gasteiger partial charge in [-0.05, 0) is 47.1 Å². The van der Waals surface area contributed by atoms with E-state index in [4.69, 9.17) is 15.9 Å². The molecule has 44 heavy (non-hydrogen) atoms. The minimum atomic E-state index is -0.926. The largest absolute Gasteiger partial charge is 0.459 e. The number of fused-ring (bicyclic) bond motifs is 3. The standard InChI is InChI=1S/C35H37N3O6/c1-2-21-36-32(39)19-20-33(40)37-22-11-10-18-31(34(41)43-23-25-12-4-3-5-13-25)38-35(42)44-24-30-28-16-8-6-14-26(28)27-15-7-9-17-29(27)30/h1,3-9,12-17,30-31H,10-11,18-24H2,(H,36,39)(H,37,40)(H,38,42)/t31-/m0/s1. The third kappa shape index (κ3) is 9.20. The van der Waals surface area contributed by atoms with Crippen molar-refractivity contribution in [2.45, 2.75) is 50.7 Å². The van der Waals surface area contributed by atoms with Gasteiger partial charge in [-0.25, -0.2) is 9.59 Å². The molecule has 3 N–H and O–H groups in total. The number of unbranched alkanes of at least 4 members (excludes halogenated alkanes) is 1. The number of hydrogen-bond donors (Lipinski definition) is 3. The summed E-state index contributed by atoms with van der Waals surface area (Å²) < 4.78 is 11.2. The zero-order chi connectivity index (χ0) is 31.1. The number of ether oxygens (including phenoxy) is 2. The summed E-state index contributed by atoms with van der Waals surface area (Å²) in [5.74, 6) is 1.10. The number of hydrogen-bond acceptors (Lipinski definition) is 6. The molecule has 0 aromatic heterocycles. The van der Waals surface area contributed by atoms with Crippen LogP contribution in [0.3, 0.4) is 0 Å². The van der Waals surface area contributed by atoms with Crippen LogP contribution in [0.1, 0.15) is 54.7 Å². The zero-order valence-electron chi connectivity index (χ0n) is 24.6. The second kappa shape index (κ2) is 16.5. The Balaban J connectivity index is 1.28. The molecular weight excluding hydrogens is 558 g/mol. The van der Waals surface area contributed by atoms with Crippen molar-refractivity contribution < 1.29 is 28.7 Å². The summed E-state index contributed by atoms with van der Waals surface area (Å²) in [7, 11) is 0. The van der Waals surface area contributed by atoms with E-state index in [1.165, 1.54) is 0 Å². The van der Waals surface area contributed by atoms with Gasteiger partial charge >= 0.3 is 12.1 Å². The van der Waals surface area contributed by atoms with Crippen LogP contribution >= 0.6 is 0 Å². The molecule has 3 aromatic rings. The quantitative estimate of drug-likeness (QED) is 0.136. The molecule has 228 valence electrons. The molecule has 3 amide bonds. The van der Waals surface area contributed by atoms with Gasteiger partial charge in [0.05, 0.1) is 6.54 Å². The van der Waals surface area contributed by atoms with Crippen LogP contribution in [0.2, 0.25) is 0 Å². The van der Waals surface area contributed by atoms with Crippen molar-refractivity contribution >= 4 is 23.9 Å². The maximum atomic E-state index is 13.0. The van der Waals surface area contributed by atoms with Gasteiger partial charge in [-0.2, -0.15) is 0 Å². The first-order chi connectivity index (χ1) is 21.5. The van der Waals surface area contributed by atoms with E-state index in [-0.39, 0.29) is 50.3 Å². The lowest BCUT2D eigenvalue weighted by atomic mass is 9.98. The number of terminal acetylenes is 1. The Labute approximate surface area is 257 Å². The Morgan fingerprint density at radius 3 is 2.05 bits per heavy atom. The Morgan fingerprint density at radius 1 is 0.773 bits per heavy atom. The van der Waals surface area contributed by atoms with Crippen LogP contribution in [0.5, 0.6) is 0 Å². The highest BCUT2D eigenvalue weighted by Crippen LogP contribution is 2.44. The topological polar surface area (TPSA) is 123 Å². The van der Waals surface area contributed by atoms with Crippen LogP contribution < -0.4 is 16.0 Å². The van der Waals surface area contributed by atoms with Gasteiger partial charge < -0.3 is 25.4 Å². The average molecular weight is 596 g/mol. The monoisotopic (exact) mass is 595 g/mol. The van der Waals surface area contributed by atoms with E-state index in [1.807, 2.05) is 66.7 Å². The summed E-state index contributed by atoms with van der Waals surface area (Å²) >= 11 is 0. The Bertz CT molecular complexity index is 1440. The summed E-state index contributed by atoms with van der Waals surface area (Å²) in [6.07, 6.45) is 5.88. The number of nitrogens with one attached hydrogen (secondary N) is 3. The van der Waals surface area contributed by atoms with Crippen LogP contribution in [0, 0.1) is 12.3 Å². The van der Waals surface area contributed by atoms with Crippen molar-refractivity contribution in [3.63, 3.8) is 0 Å². The maximum absolute atomic E-state index is 13.0. The third-order valence-corrected chi connectivity index (χ3v) is 7.35. The third-order valence-electron chi connectivity index (χ3n) is 7.35. The smallest absolute Gasteiger partial charge is 0.407 e. The minimum absolute atomic E-state index is 0.0485. The molecule has 0 aliphatic heterocycles. The molecule has 3 aromatic carbocycles. The number of esters is 1. The van der Waals surface area contributed by atoms with Crippen molar-refractivity contribution in [1.29, 1.82) is 0 Å². The fourth-order valence-corrected chi connectivity index (χ4v) is 5.12. The number of amides is 3. The summed E-state index contributed by atoms with van der Waals surface area (Å²) in [4.78, 5) is 49.6. The summed E-state index contributed by atoms with van der Waals surface area (Å²) in [5.41, 5.74) is 5.26. The normalized spacial score (nSPS) is 12.2. The second-order valence-corrected chi connectivity index (χ2v) is 10.4. The highest BCUT2D eigenvalue weighted by molar-refractivity contribution is 5.84. The van der Waals surface area contributed by atoms with Crippen molar-refractivity contribution in [3.05, 3.63) is 95.6 Å². The number of alkyl carbamates (subject to hydrolysis) is 1. The molecule has 4 rings (SSSR count). The summed E-state index contributed by atoms with van der Waals surface area (Å²) in [6.45, 7) is 0.687. The molecule has 0 spiro atoms. The molecule has 0 fully saturated rings. The lowest BCUT2D eigenvalue weighted by Gasteiger charge is -2.19. The van der Waals surface area contributed by atoms with E-state index >= 15 is 0 Å². The van der Waals surface area contributed by atoms with Crippen LogP contribution in [-0.2, 0) is 30.5 Å². The van der Waals surface area contributed by atoms with Crippen molar-refractivity contribution in [2.75, 3.05) is 19.7 Å². The molecule has 0 bridgehead atoms. The van der Waals surface area contributed by atoms with Gasteiger partial charge in [0.15, 0.2) is 0 Å². The Morgan fingerprint density at radius 2 is 1.39 bits per heavy atom. The van der Waals surface area contributed by atoms with Gasteiger partial charge in [-0.3, -0.25) is 9.59 Å². The second-order valence-electron chi connectivity index (χ2n) is 10.4. The van der Waals surface area contributed by atoms with E-state index in [2.05, 4.69) is 34.0 Å². The number of carbonyl (C=O) groups excluding carboxylic acids is 4. The van der Waals surface area contributed by atoms with Crippen LogP contribution in [0.15, 0.2) is 78.9 Å². The molecule has 0 saturated carbocycles. The molecule has 0 heterocycles. The van der Waals surface area contributed by atoms with E-state index in [1.54, 1.807) is 0 Å². The lowest BCUT2D eigenvalue weighted by molar-refractivity contribution is -0.147. The Kier molecular flexibility index (Phi) is 11.9. The number of benzene rings is 3. The summed E-state index contributed by atoms with van der Waals surface area (Å²) in [6, 6.07) is 24.5. The molecule has 0 saturated heterocycles. The zero-order valence-corrected chi connectivity index (χ0v) is 24.6. The van der Waals surface area contributed by atoms with Crippen molar-refractivity contribution in [1.82, 2.24) is 16.0 Å². The molecule has 1 atom stereocenters. The fraction of sp³-hybridized carbons (Fsp3) is 0.314. The van der Waals surface area contributed by atoms with Crippen LogP contribution in [-0.4, -0.2) is 49.6 Å². The van der Waals surface area contributed by atoms with Gasteiger partial charge in [0.25, 0.3) is 0 Å². The highest BCUT2D eigenvalue weighted by Gasteiger charge is 2.30. The van der Waals surface area contributed by atoms with E-state index in [0.717, 1.165) is 27.8 Å². The molecule has 0 radical (unpaired) electrons. The molecular formula is C35H37N3O6. The molecule has 9 nitrogen and oxygen atoms in total. The predicted octanol–water partition coefficient (Wildman–Crippen LogP) is 4.45. The average Bonchev–Trinajstić information content (AvgIpc) is 3.37. The number of carbonyl (C=O) groups is 4. The molecule has 9 heteroatoms. The van der Waals surface area contributed by atoms with Crippen molar-refractivity contribution in [3.8, 4) is 23.5 Å². The minimum Gasteiger partial charge on any atom is -0.459 e. The van der Waals surface area contributed by atoms with Crippen LogP contribution in [0.25, 0.3) is 11.1 Å². The highest BCUT2D eigenvalue weighted by atomic mass is 16.6. The first-order valence-electron chi connectivity index (χ1n) is 14.7. The van der Waals surface area contributed by atoms with E-state index < -0.39 is 18.1 Å². The predicted molar refractivity (Wildman–Crippen MR) is 166 cm³/mol. The summed E-state index contributed by atoms with van der Waals surface area (Å²) in [5, 5.41) is 7.97. The van der Waals surface area contributed by atoms with E-state index in [9.17, 15) is 19.2 Å². The first-order valence-corrected chi connectivity index (χ1v) is 14.7. The molecule has 0 unspecified atom stereocenters. The SMILES string of the molecule is C#CCNC(=O)CCC(=O)NCCCC[C@H](NC(=O)OCC1c2ccccc2-c2ccccc21)C(=O)OCc1ccccc1. The molecule has 1 aliphatic rings. The van der Waals surface area contributed by atoms with Gasteiger partial charge in [-0.1, -0.05) is 84.8 Å². The number of rotatable bonds is 15. The van der Waals surface area contributed by atoms with E-state index in [0.29, 0.717) is 25.8 Å². The lowest BCUT2D eigenvalue weighted by Crippen LogP contribution is -2.42. The van der Waals surface area contributed by atoms with Gasteiger partial charge in [0, 0.05) is 25.3 Å². The van der Waals surface area contributed by atoms with Crippen LogP contribution in [0.4, 0.5) is 4.79 Å². The van der Waals surface area contributed by atoms with Gasteiger partial charge in [0.2, 0.25) is 11.8 Å². The first kappa shape index (κ1) is 31.8. The van der Waals surface area contributed by atoms with Crippen molar-refractivity contribution in [2.24, 2.45) is 0 Å². The van der Waals surface area contributed by atoms with Gasteiger partial charge in [0.1, 0.15) is 19.3 Å². The fourth-order valence-electron chi connectivity index (χ4n) is 5.12. The maximum Gasteiger partial charge on any atom is 0.407 e.